The molecule has 0 bridgehead atoms. The maximum Gasteiger partial charge on any atom is 0.310 e. The van der Waals surface area contributed by atoms with Crippen LogP contribution in [0.3, 0.4) is 0 Å². The number of esters is 1. The number of carbonyl (C=O) groups excluding carboxylic acids is 1. The number of rotatable bonds is 4. The Kier molecular flexibility index (Phi) is 5.05. The minimum absolute atomic E-state index is 0.0469. The number of ether oxygens (including phenoxy) is 1. The SMILES string of the molecule is COC(=O)C(C)C(C)Nc1cccc(I)c1. The van der Waals surface area contributed by atoms with E-state index >= 15 is 0 Å². The lowest BCUT2D eigenvalue weighted by Crippen LogP contribution is -2.30. The summed E-state index contributed by atoms with van der Waals surface area (Å²) in [5.41, 5.74) is 1.02. The molecule has 0 radical (unpaired) electrons. The summed E-state index contributed by atoms with van der Waals surface area (Å²) < 4.78 is 5.88. The van der Waals surface area contributed by atoms with E-state index in [1.807, 2.05) is 38.1 Å². The van der Waals surface area contributed by atoms with Crippen LogP contribution >= 0.6 is 22.6 Å². The van der Waals surface area contributed by atoms with E-state index in [2.05, 4.69) is 27.9 Å². The first-order valence-corrected chi connectivity index (χ1v) is 6.22. The molecule has 88 valence electrons. The molecule has 1 aromatic carbocycles. The molecule has 2 atom stereocenters. The fraction of sp³-hybridized carbons (Fsp3) is 0.417. The maximum absolute atomic E-state index is 11.3. The summed E-state index contributed by atoms with van der Waals surface area (Å²) >= 11 is 2.26. The van der Waals surface area contributed by atoms with Gasteiger partial charge >= 0.3 is 5.97 Å². The minimum atomic E-state index is -0.189. The highest BCUT2D eigenvalue weighted by Gasteiger charge is 2.20. The molecular formula is C12H16INO2. The molecule has 0 saturated heterocycles. The summed E-state index contributed by atoms with van der Waals surface area (Å²) in [5.74, 6) is -0.353. The summed E-state index contributed by atoms with van der Waals surface area (Å²) in [4.78, 5) is 11.3. The molecule has 0 aliphatic rings. The average Bonchev–Trinajstić information content (AvgIpc) is 2.27. The van der Waals surface area contributed by atoms with E-state index in [-0.39, 0.29) is 17.9 Å². The Bertz CT molecular complexity index is 368. The molecule has 0 saturated carbocycles. The number of hydrogen-bond donors (Lipinski definition) is 1. The van der Waals surface area contributed by atoms with Crippen LogP contribution in [0.25, 0.3) is 0 Å². The van der Waals surface area contributed by atoms with Crippen molar-refractivity contribution in [3.8, 4) is 0 Å². The van der Waals surface area contributed by atoms with Crippen LogP contribution in [0.2, 0.25) is 0 Å². The molecular weight excluding hydrogens is 317 g/mol. The average molecular weight is 333 g/mol. The van der Waals surface area contributed by atoms with Crippen LogP contribution in [0.5, 0.6) is 0 Å². The number of nitrogens with one attached hydrogen (secondary N) is 1. The van der Waals surface area contributed by atoms with Gasteiger partial charge in [-0.25, -0.2) is 0 Å². The number of benzene rings is 1. The Morgan fingerprint density at radius 2 is 2.12 bits per heavy atom. The molecule has 0 heterocycles. The van der Waals surface area contributed by atoms with Gasteiger partial charge in [-0.1, -0.05) is 6.07 Å². The van der Waals surface area contributed by atoms with Crippen molar-refractivity contribution in [2.45, 2.75) is 19.9 Å². The number of carbonyl (C=O) groups is 1. The first-order chi connectivity index (χ1) is 7.54. The van der Waals surface area contributed by atoms with E-state index in [0.717, 1.165) is 5.69 Å². The predicted octanol–water partition coefficient (Wildman–Crippen LogP) is 2.90. The second-order valence-electron chi connectivity index (χ2n) is 3.76. The van der Waals surface area contributed by atoms with Crippen LogP contribution in [0.4, 0.5) is 5.69 Å². The fourth-order valence-electron chi connectivity index (χ4n) is 1.36. The number of hydrogen-bond acceptors (Lipinski definition) is 3. The van der Waals surface area contributed by atoms with Crippen molar-refractivity contribution in [2.75, 3.05) is 12.4 Å². The molecule has 1 aromatic rings. The molecule has 3 nitrogen and oxygen atoms in total. The quantitative estimate of drug-likeness (QED) is 0.680. The molecule has 0 aliphatic heterocycles. The maximum atomic E-state index is 11.3. The van der Waals surface area contributed by atoms with E-state index in [9.17, 15) is 4.79 Å². The lowest BCUT2D eigenvalue weighted by molar-refractivity contribution is -0.145. The third-order valence-electron chi connectivity index (χ3n) is 2.54. The molecule has 1 rings (SSSR count). The number of halogens is 1. The fourth-order valence-corrected chi connectivity index (χ4v) is 1.90. The monoisotopic (exact) mass is 333 g/mol. The second-order valence-corrected chi connectivity index (χ2v) is 5.00. The summed E-state index contributed by atoms with van der Waals surface area (Å²) in [5, 5.41) is 3.29. The molecule has 0 fully saturated rings. The van der Waals surface area contributed by atoms with Crippen LogP contribution in [0.1, 0.15) is 13.8 Å². The molecule has 0 spiro atoms. The van der Waals surface area contributed by atoms with Gasteiger partial charge in [0.2, 0.25) is 0 Å². The van der Waals surface area contributed by atoms with Crippen LogP contribution in [0.15, 0.2) is 24.3 Å². The lowest BCUT2D eigenvalue weighted by Gasteiger charge is -2.20. The van der Waals surface area contributed by atoms with Gasteiger partial charge in [0.05, 0.1) is 13.0 Å². The van der Waals surface area contributed by atoms with Crippen molar-refractivity contribution in [3.05, 3.63) is 27.8 Å². The zero-order chi connectivity index (χ0) is 12.1. The largest absolute Gasteiger partial charge is 0.469 e. The summed E-state index contributed by atoms with van der Waals surface area (Å²) in [6.45, 7) is 3.83. The van der Waals surface area contributed by atoms with Crippen molar-refractivity contribution < 1.29 is 9.53 Å². The highest BCUT2D eigenvalue weighted by atomic mass is 127. The van der Waals surface area contributed by atoms with Gasteiger partial charge in [0, 0.05) is 15.3 Å². The first kappa shape index (κ1) is 13.3. The summed E-state index contributed by atoms with van der Waals surface area (Å²) in [7, 11) is 1.41. The van der Waals surface area contributed by atoms with Gasteiger partial charge in [-0.15, -0.1) is 0 Å². The zero-order valence-corrected chi connectivity index (χ0v) is 11.8. The van der Waals surface area contributed by atoms with Gasteiger partial charge in [-0.05, 0) is 54.6 Å². The molecule has 2 unspecified atom stereocenters. The minimum Gasteiger partial charge on any atom is -0.469 e. The van der Waals surface area contributed by atoms with E-state index in [4.69, 9.17) is 4.74 Å². The van der Waals surface area contributed by atoms with Gasteiger partial charge < -0.3 is 10.1 Å². The van der Waals surface area contributed by atoms with E-state index < -0.39 is 0 Å². The zero-order valence-electron chi connectivity index (χ0n) is 9.66. The molecule has 1 N–H and O–H groups in total. The van der Waals surface area contributed by atoms with Gasteiger partial charge in [-0.2, -0.15) is 0 Å². The molecule has 4 heteroatoms. The van der Waals surface area contributed by atoms with Gasteiger partial charge in [0.25, 0.3) is 0 Å². The van der Waals surface area contributed by atoms with Crippen molar-refractivity contribution >= 4 is 34.2 Å². The van der Waals surface area contributed by atoms with Crippen molar-refractivity contribution in [1.29, 1.82) is 0 Å². The third kappa shape index (κ3) is 3.66. The number of methoxy groups -OCH3 is 1. The van der Waals surface area contributed by atoms with E-state index in [1.54, 1.807) is 0 Å². The van der Waals surface area contributed by atoms with Gasteiger partial charge in [0.15, 0.2) is 0 Å². The van der Waals surface area contributed by atoms with E-state index in [0.29, 0.717) is 0 Å². The Labute approximate surface area is 110 Å². The third-order valence-corrected chi connectivity index (χ3v) is 3.21. The van der Waals surface area contributed by atoms with Crippen LogP contribution in [-0.2, 0) is 9.53 Å². The smallest absolute Gasteiger partial charge is 0.310 e. The Morgan fingerprint density at radius 3 is 2.69 bits per heavy atom. The molecule has 16 heavy (non-hydrogen) atoms. The first-order valence-electron chi connectivity index (χ1n) is 5.14. The number of anilines is 1. The molecule has 0 aromatic heterocycles. The van der Waals surface area contributed by atoms with Crippen LogP contribution in [-0.4, -0.2) is 19.1 Å². The highest BCUT2D eigenvalue weighted by molar-refractivity contribution is 14.1. The molecule has 0 amide bonds. The van der Waals surface area contributed by atoms with Gasteiger partial charge in [0.1, 0.15) is 0 Å². The Morgan fingerprint density at radius 1 is 1.44 bits per heavy atom. The van der Waals surface area contributed by atoms with E-state index in [1.165, 1.54) is 10.7 Å². The standard InChI is InChI=1S/C12H16INO2/c1-8(12(15)16-3)9(2)14-11-6-4-5-10(13)7-11/h4-9,14H,1-3H3. The van der Waals surface area contributed by atoms with Crippen molar-refractivity contribution in [1.82, 2.24) is 0 Å². The Balaban J connectivity index is 2.64. The molecule has 0 aliphatic carbocycles. The lowest BCUT2D eigenvalue weighted by atomic mass is 10.0. The topological polar surface area (TPSA) is 38.3 Å². The summed E-state index contributed by atoms with van der Waals surface area (Å²) in [6, 6.07) is 8.09. The van der Waals surface area contributed by atoms with Crippen LogP contribution < -0.4 is 5.32 Å². The normalized spacial score (nSPS) is 14.0. The van der Waals surface area contributed by atoms with Crippen molar-refractivity contribution in [2.24, 2.45) is 5.92 Å². The predicted molar refractivity (Wildman–Crippen MR) is 73.4 cm³/mol. The summed E-state index contributed by atoms with van der Waals surface area (Å²) in [6.07, 6.45) is 0. The second kappa shape index (κ2) is 6.08. The highest BCUT2D eigenvalue weighted by Crippen LogP contribution is 2.16. The van der Waals surface area contributed by atoms with Gasteiger partial charge in [-0.3, -0.25) is 4.79 Å². The Hall–Kier alpha value is -0.780. The van der Waals surface area contributed by atoms with Crippen molar-refractivity contribution in [3.63, 3.8) is 0 Å². The van der Waals surface area contributed by atoms with Crippen LogP contribution in [0, 0.1) is 9.49 Å².